The molecule has 0 bridgehead atoms. The number of hydrogen-bond acceptors (Lipinski definition) is 3. The van der Waals surface area contributed by atoms with Crippen molar-refractivity contribution in [2.24, 2.45) is 10.9 Å². The van der Waals surface area contributed by atoms with E-state index in [1.54, 1.807) is 0 Å². The molecule has 1 heterocycles. The standard InChI is InChI=1S/C20H33FN4O/c1-4-22-20(23-10-9-16(2)3)24-15-19(25-11-13-26-14-12-25)17-5-7-18(21)8-6-17/h5-8,16,19H,4,9-15H2,1-3H3,(H2,22,23,24). The van der Waals surface area contributed by atoms with Crippen molar-refractivity contribution in [3.63, 3.8) is 0 Å². The SMILES string of the molecule is CCNC(=NCC(c1ccc(F)cc1)N1CCOCC1)NCCC(C)C. The second-order valence-electron chi connectivity index (χ2n) is 7.04. The van der Waals surface area contributed by atoms with Gasteiger partial charge in [0.25, 0.3) is 0 Å². The van der Waals surface area contributed by atoms with E-state index in [1.165, 1.54) is 12.1 Å². The number of aliphatic imine (C=N–C) groups is 1. The molecule has 1 aromatic carbocycles. The van der Waals surface area contributed by atoms with Gasteiger partial charge in [-0.1, -0.05) is 26.0 Å². The lowest BCUT2D eigenvalue weighted by molar-refractivity contribution is 0.0179. The van der Waals surface area contributed by atoms with Crippen LogP contribution in [0.25, 0.3) is 0 Å². The van der Waals surface area contributed by atoms with E-state index >= 15 is 0 Å². The highest BCUT2D eigenvalue weighted by atomic mass is 19.1. The highest BCUT2D eigenvalue weighted by molar-refractivity contribution is 5.79. The highest BCUT2D eigenvalue weighted by Crippen LogP contribution is 2.22. The number of benzene rings is 1. The molecular weight excluding hydrogens is 331 g/mol. The first-order valence-corrected chi connectivity index (χ1v) is 9.69. The normalized spacial score (nSPS) is 17.3. The minimum Gasteiger partial charge on any atom is -0.379 e. The Kier molecular flexibility index (Phi) is 8.85. The van der Waals surface area contributed by atoms with Gasteiger partial charge in [-0.25, -0.2) is 4.39 Å². The van der Waals surface area contributed by atoms with Crippen molar-refractivity contribution in [3.8, 4) is 0 Å². The van der Waals surface area contributed by atoms with Crippen LogP contribution in [-0.2, 0) is 4.74 Å². The first-order valence-electron chi connectivity index (χ1n) is 9.69. The molecule has 0 aromatic heterocycles. The van der Waals surface area contributed by atoms with Crippen LogP contribution in [-0.4, -0.2) is 56.8 Å². The predicted octanol–water partition coefficient (Wildman–Crippen LogP) is 2.80. The molecule has 2 N–H and O–H groups in total. The van der Waals surface area contributed by atoms with Gasteiger partial charge in [0.1, 0.15) is 5.82 Å². The van der Waals surface area contributed by atoms with Gasteiger partial charge in [-0.2, -0.15) is 0 Å². The van der Waals surface area contributed by atoms with Crippen molar-refractivity contribution in [2.75, 3.05) is 45.9 Å². The summed E-state index contributed by atoms with van der Waals surface area (Å²) in [7, 11) is 0. The Labute approximate surface area is 157 Å². The van der Waals surface area contributed by atoms with Crippen LogP contribution in [0.4, 0.5) is 4.39 Å². The molecule has 1 fully saturated rings. The van der Waals surface area contributed by atoms with Gasteiger partial charge < -0.3 is 15.4 Å². The average molecular weight is 365 g/mol. The molecule has 1 atom stereocenters. The molecule has 146 valence electrons. The number of hydrogen-bond donors (Lipinski definition) is 2. The van der Waals surface area contributed by atoms with Gasteiger partial charge >= 0.3 is 0 Å². The minimum atomic E-state index is -0.207. The summed E-state index contributed by atoms with van der Waals surface area (Å²) < 4.78 is 18.8. The Morgan fingerprint density at radius 1 is 1.19 bits per heavy atom. The lowest BCUT2D eigenvalue weighted by Gasteiger charge is -2.34. The molecule has 0 aliphatic carbocycles. The molecule has 0 spiro atoms. The Morgan fingerprint density at radius 2 is 1.88 bits per heavy atom. The van der Waals surface area contributed by atoms with Gasteiger partial charge in [0, 0.05) is 26.2 Å². The maximum absolute atomic E-state index is 13.3. The van der Waals surface area contributed by atoms with Crippen LogP contribution < -0.4 is 10.6 Å². The van der Waals surface area contributed by atoms with E-state index < -0.39 is 0 Å². The zero-order chi connectivity index (χ0) is 18.8. The molecule has 0 amide bonds. The first kappa shape index (κ1) is 20.6. The summed E-state index contributed by atoms with van der Waals surface area (Å²) >= 11 is 0. The first-order chi connectivity index (χ1) is 12.6. The summed E-state index contributed by atoms with van der Waals surface area (Å²) in [6.45, 7) is 12.1. The number of ether oxygens (including phenoxy) is 1. The van der Waals surface area contributed by atoms with Crippen LogP contribution in [0.15, 0.2) is 29.3 Å². The van der Waals surface area contributed by atoms with Crippen LogP contribution >= 0.6 is 0 Å². The molecule has 26 heavy (non-hydrogen) atoms. The molecule has 5 nitrogen and oxygen atoms in total. The van der Waals surface area contributed by atoms with E-state index in [0.29, 0.717) is 12.5 Å². The number of guanidine groups is 1. The third-order valence-electron chi connectivity index (χ3n) is 4.52. The fourth-order valence-electron chi connectivity index (χ4n) is 3.00. The second kappa shape index (κ2) is 11.1. The lowest BCUT2D eigenvalue weighted by Crippen LogP contribution is -2.42. The van der Waals surface area contributed by atoms with Crippen molar-refractivity contribution in [1.82, 2.24) is 15.5 Å². The maximum atomic E-state index is 13.3. The number of nitrogens with zero attached hydrogens (tertiary/aromatic N) is 2. The van der Waals surface area contributed by atoms with E-state index in [2.05, 4.69) is 36.3 Å². The Hall–Kier alpha value is -1.66. The molecule has 1 aromatic rings. The third-order valence-corrected chi connectivity index (χ3v) is 4.52. The number of halogens is 1. The van der Waals surface area contributed by atoms with Gasteiger partial charge in [-0.15, -0.1) is 0 Å². The van der Waals surface area contributed by atoms with Crippen LogP contribution in [0.3, 0.4) is 0 Å². The monoisotopic (exact) mass is 364 g/mol. The van der Waals surface area contributed by atoms with Gasteiger partial charge in [0.05, 0.1) is 25.8 Å². The number of morpholine rings is 1. The highest BCUT2D eigenvalue weighted by Gasteiger charge is 2.22. The fraction of sp³-hybridized carbons (Fsp3) is 0.650. The van der Waals surface area contributed by atoms with Crippen molar-refractivity contribution in [1.29, 1.82) is 0 Å². The Bertz CT molecular complexity index is 541. The van der Waals surface area contributed by atoms with E-state index in [1.807, 2.05) is 12.1 Å². The van der Waals surface area contributed by atoms with E-state index in [-0.39, 0.29) is 11.9 Å². The molecular formula is C20H33FN4O. The second-order valence-corrected chi connectivity index (χ2v) is 7.04. The van der Waals surface area contributed by atoms with Crippen LogP contribution in [0.5, 0.6) is 0 Å². The lowest BCUT2D eigenvalue weighted by atomic mass is 10.0. The maximum Gasteiger partial charge on any atom is 0.191 e. The quantitative estimate of drug-likeness (QED) is 0.550. The summed E-state index contributed by atoms with van der Waals surface area (Å²) in [6, 6.07) is 6.91. The third kappa shape index (κ3) is 6.92. The topological polar surface area (TPSA) is 48.9 Å². The molecule has 2 rings (SSSR count). The summed E-state index contributed by atoms with van der Waals surface area (Å²) in [6.07, 6.45) is 1.11. The van der Waals surface area contributed by atoms with Gasteiger partial charge in [0.2, 0.25) is 0 Å². The fourth-order valence-corrected chi connectivity index (χ4v) is 3.00. The van der Waals surface area contributed by atoms with E-state index in [4.69, 9.17) is 9.73 Å². The summed E-state index contributed by atoms with van der Waals surface area (Å²) in [4.78, 5) is 7.18. The number of nitrogens with one attached hydrogen (secondary N) is 2. The predicted molar refractivity (Wildman–Crippen MR) is 105 cm³/mol. The molecule has 6 heteroatoms. The van der Waals surface area contributed by atoms with Crippen LogP contribution in [0.2, 0.25) is 0 Å². The minimum absolute atomic E-state index is 0.125. The zero-order valence-electron chi connectivity index (χ0n) is 16.3. The zero-order valence-corrected chi connectivity index (χ0v) is 16.3. The summed E-state index contributed by atoms with van der Waals surface area (Å²) in [5.41, 5.74) is 1.09. The van der Waals surface area contributed by atoms with Gasteiger partial charge in [-0.3, -0.25) is 9.89 Å². The molecule has 0 radical (unpaired) electrons. The summed E-state index contributed by atoms with van der Waals surface area (Å²) in [5.74, 6) is 1.29. The summed E-state index contributed by atoms with van der Waals surface area (Å²) in [5, 5.41) is 6.72. The van der Waals surface area contributed by atoms with Gasteiger partial charge in [-0.05, 0) is 37.0 Å². The van der Waals surface area contributed by atoms with Crippen molar-refractivity contribution < 1.29 is 9.13 Å². The molecule has 1 saturated heterocycles. The van der Waals surface area contributed by atoms with Crippen molar-refractivity contribution in [2.45, 2.75) is 33.2 Å². The Morgan fingerprint density at radius 3 is 2.50 bits per heavy atom. The smallest absolute Gasteiger partial charge is 0.191 e. The van der Waals surface area contributed by atoms with Gasteiger partial charge in [0.15, 0.2) is 5.96 Å². The van der Waals surface area contributed by atoms with Crippen molar-refractivity contribution in [3.05, 3.63) is 35.6 Å². The Balaban J connectivity index is 2.08. The molecule has 1 unspecified atom stereocenters. The number of rotatable bonds is 8. The molecule has 1 aliphatic rings. The van der Waals surface area contributed by atoms with Crippen LogP contribution in [0.1, 0.15) is 38.8 Å². The molecule has 1 aliphatic heterocycles. The molecule has 0 saturated carbocycles. The van der Waals surface area contributed by atoms with Crippen LogP contribution in [0, 0.1) is 11.7 Å². The van der Waals surface area contributed by atoms with E-state index in [0.717, 1.165) is 57.3 Å². The average Bonchev–Trinajstić information content (AvgIpc) is 2.64. The van der Waals surface area contributed by atoms with Crippen molar-refractivity contribution >= 4 is 5.96 Å². The largest absolute Gasteiger partial charge is 0.379 e. The van der Waals surface area contributed by atoms with E-state index in [9.17, 15) is 4.39 Å².